The molecule has 0 bridgehead atoms. The molecule has 2 aromatic rings. The first-order valence-corrected chi connectivity index (χ1v) is 6.57. The summed E-state index contributed by atoms with van der Waals surface area (Å²) in [5.74, 6) is 5.05. The van der Waals surface area contributed by atoms with Crippen LogP contribution in [0, 0.1) is 11.8 Å². The molecular weight excluding hydrogens is 293 g/mol. The Labute approximate surface area is 125 Å². The van der Waals surface area contributed by atoms with E-state index in [0.29, 0.717) is 0 Å². The summed E-state index contributed by atoms with van der Waals surface area (Å²) in [5.41, 5.74) is -0.958. The van der Waals surface area contributed by atoms with Gasteiger partial charge in [0.1, 0.15) is 5.69 Å². The maximum atomic E-state index is 12.9. The van der Waals surface area contributed by atoms with E-state index in [1.807, 2.05) is 0 Å². The van der Waals surface area contributed by atoms with Crippen LogP contribution in [0.2, 0.25) is 0 Å². The van der Waals surface area contributed by atoms with Gasteiger partial charge in [0.2, 0.25) is 0 Å². The topological polar surface area (TPSA) is 34.9 Å². The van der Waals surface area contributed by atoms with Crippen molar-refractivity contribution in [2.24, 2.45) is 0 Å². The Morgan fingerprint density at radius 1 is 1.09 bits per heavy atom. The van der Waals surface area contributed by atoms with Crippen LogP contribution in [0.15, 0.2) is 41.2 Å². The monoisotopic (exact) mass is 306 g/mol. The van der Waals surface area contributed by atoms with E-state index in [4.69, 9.17) is 0 Å². The molecule has 0 aliphatic heterocycles. The highest BCUT2D eigenvalue weighted by Gasteiger charge is 2.32. The number of hydrogen-bond donors (Lipinski definition) is 0. The van der Waals surface area contributed by atoms with Crippen molar-refractivity contribution in [1.82, 2.24) is 9.78 Å². The molecule has 22 heavy (non-hydrogen) atoms. The van der Waals surface area contributed by atoms with Gasteiger partial charge in [0.05, 0.1) is 11.6 Å². The SMILES string of the molecule is CC(C)n1nc(C#Cc2ccccc2C(F)(F)F)ccc1=O. The van der Waals surface area contributed by atoms with Crippen molar-refractivity contribution in [2.45, 2.75) is 26.1 Å². The van der Waals surface area contributed by atoms with E-state index < -0.39 is 11.7 Å². The number of alkyl halides is 3. The minimum Gasteiger partial charge on any atom is -0.268 e. The lowest BCUT2D eigenvalue weighted by Crippen LogP contribution is -2.24. The maximum Gasteiger partial charge on any atom is 0.417 e. The Morgan fingerprint density at radius 3 is 2.41 bits per heavy atom. The summed E-state index contributed by atoms with van der Waals surface area (Å²) in [6, 6.07) is 7.61. The molecule has 0 spiro atoms. The molecule has 0 radical (unpaired) electrons. The Kier molecular flexibility index (Phi) is 4.36. The van der Waals surface area contributed by atoms with Crippen molar-refractivity contribution in [3.63, 3.8) is 0 Å². The van der Waals surface area contributed by atoms with Gasteiger partial charge in [0.25, 0.3) is 5.56 Å². The van der Waals surface area contributed by atoms with Crippen LogP contribution < -0.4 is 5.56 Å². The van der Waals surface area contributed by atoms with Crippen LogP contribution >= 0.6 is 0 Å². The van der Waals surface area contributed by atoms with E-state index in [0.717, 1.165) is 6.07 Å². The number of halogens is 3. The summed E-state index contributed by atoms with van der Waals surface area (Å²) >= 11 is 0. The largest absolute Gasteiger partial charge is 0.417 e. The maximum absolute atomic E-state index is 12.9. The third-order valence-corrected chi connectivity index (χ3v) is 2.87. The van der Waals surface area contributed by atoms with Crippen molar-refractivity contribution < 1.29 is 13.2 Å². The molecule has 0 aliphatic rings. The predicted molar refractivity (Wildman–Crippen MR) is 76.3 cm³/mol. The average molecular weight is 306 g/mol. The summed E-state index contributed by atoms with van der Waals surface area (Å²) in [7, 11) is 0. The second kappa shape index (κ2) is 6.06. The summed E-state index contributed by atoms with van der Waals surface area (Å²) < 4.78 is 39.8. The standard InChI is InChI=1S/C16H13F3N2O/c1-11(2)21-15(22)10-9-13(20-21)8-7-12-5-3-4-6-14(12)16(17,18)19/h3-6,9-11H,1-2H3. The van der Waals surface area contributed by atoms with Crippen LogP contribution in [-0.2, 0) is 6.18 Å². The average Bonchev–Trinajstić information content (AvgIpc) is 2.45. The molecule has 3 nitrogen and oxygen atoms in total. The normalized spacial score (nSPS) is 11.2. The van der Waals surface area contributed by atoms with Gasteiger partial charge in [-0.1, -0.05) is 18.1 Å². The van der Waals surface area contributed by atoms with E-state index in [1.54, 1.807) is 13.8 Å². The van der Waals surface area contributed by atoms with Crippen molar-refractivity contribution >= 4 is 0 Å². The van der Waals surface area contributed by atoms with Crippen LogP contribution in [0.5, 0.6) is 0 Å². The van der Waals surface area contributed by atoms with Gasteiger partial charge in [-0.2, -0.15) is 18.3 Å². The first-order chi connectivity index (χ1) is 10.3. The number of rotatable bonds is 1. The highest BCUT2D eigenvalue weighted by Crippen LogP contribution is 2.31. The van der Waals surface area contributed by atoms with Gasteiger partial charge >= 0.3 is 6.18 Å². The lowest BCUT2D eigenvalue weighted by atomic mass is 10.1. The lowest BCUT2D eigenvalue weighted by molar-refractivity contribution is -0.137. The molecule has 114 valence electrons. The Bertz CT molecular complexity index is 795. The highest BCUT2D eigenvalue weighted by molar-refractivity contribution is 5.45. The number of nitrogens with zero attached hydrogens (tertiary/aromatic N) is 2. The molecule has 0 N–H and O–H groups in total. The van der Waals surface area contributed by atoms with Gasteiger partial charge in [0.15, 0.2) is 0 Å². The smallest absolute Gasteiger partial charge is 0.268 e. The van der Waals surface area contributed by atoms with Gasteiger partial charge in [-0.05, 0) is 38.0 Å². The first kappa shape index (κ1) is 15.8. The minimum atomic E-state index is -4.46. The fraction of sp³-hybridized carbons (Fsp3) is 0.250. The molecule has 1 heterocycles. The number of aromatic nitrogens is 2. The zero-order valence-electron chi connectivity index (χ0n) is 12.0. The van der Waals surface area contributed by atoms with Gasteiger partial charge in [0, 0.05) is 11.6 Å². The van der Waals surface area contributed by atoms with Crippen molar-refractivity contribution in [1.29, 1.82) is 0 Å². The molecule has 0 saturated carbocycles. The van der Waals surface area contributed by atoms with Crippen LogP contribution in [0.3, 0.4) is 0 Å². The van der Waals surface area contributed by atoms with Gasteiger partial charge in [-0.15, -0.1) is 0 Å². The summed E-state index contributed by atoms with van der Waals surface area (Å²) in [6.07, 6.45) is -4.46. The second-order valence-electron chi connectivity index (χ2n) is 4.89. The molecule has 0 aliphatic carbocycles. The second-order valence-corrected chi connectivity index (χ2v) is 4.89. The minimum absolute atomic E-state index is 0.126. The van der Waals surface area contributed by atoms with Crippen LogP contribution in [0.1, 0.15) is 36.7 Å². The van der Waals surface area contributed by atoms with Crippen LogP contribution in [-0.4, -0.2) is 9.78 Å². The van der Waals surface area contributed by atoms with Crippen molar-refractivity contribution in [3.05, 3.63) is 63.6 Å². The number of benzene rings is 1. The molecule has 0 saturated heterocycles. The molecule has 1 aromatic carbocycles. The Morgan fingerprint density at radius 2 is 1.77 bits per heavy atom. The van der Waals surface area contributed by atoms with E-state index in [2.05, 4.69) is 16.9 Å². The number of hydrogen-bond acceptors (Lipinski definition) is 2. The molecule has 6 heteroatoms. The van der Waals surface area contributed by atoms with E-state index in [-0.39, 0.29) is 22.9 Å². The van der Waals surface area contributed by atoms with E-state index >= 15 is 0 Å². The third-order valence-electron chi connectivity index (χ3n) is 2.87. The quantitative estimate of drug-likeness (QED) is 0.758. The van der Waals surface area contributed by atoms with Crippen LogP contribution in [0.25, 0.3) is 0 Å². The van der Waals surface area contributed by atoms with E-state index in [1.165, 1.54) is 35.0 Å². The molecule has 1 aromatic heterocycles. The lowest BCUT2D eigenvalue weighted by Gasteiger charge is -2.08. The summed E-state index contributed by atoms with van der Waals surface area (Å²) in [6.45, 7) is 3.56. The summed E-state index contributed by atoms with van der Waals surface area (Å²) in [4.78, 5) is 11.6. The Balaban J connectivity index is 2.44. The molecule has 0 atom stereocenters. The zero-order chi connectivity index (χ0) is 16.3. The zero-order valence-corrected chi connectivity index (χ0v) is 12.0. The molecule has 0 fully saturated rings. The highest BCUT2D eigenvalue weighted by atomic mass is 19.4. The molecule has 0 amide bonds. The van der Waals surface area contributed by atoms with Crippen molar-refractivity contribution in [2.75, 3.05) is 0 Å². The third kappa shape index (κ3) is 3.55. The first-order valence-electron chi connectivity index (χ1n) is 6.57. The van der Waals surface area contributed by atoms with Gasteiger partial charge in [-0.25, -0.2) is 4.68 Å². The van der Waals surface area contributed by atoms with Gasteiger partial charge < -0.3 is 0 Å². The van der Waals surface area contributed by atoms with Crippen molar-refractivity contribution in [3.8, 4) is 11.8 Å². The fourth-order valence-electron chi connectivity index (χ4n) is 1.83. The molecule has 2 rings (SSSR count). The molecule has 0 unspecified atom stereocenters. The van der Waals surface area contributed by atoms with E-state index in [9.17, 15) is 18.0 Å². The predicted octanol–water partition coefficient (Wildman–Crippen LogP) is 3.24. The molecular formula is C16H13F3N2O. The van der Waals surface area contributed by atoms with Crippen LogP contribution in [0.4, 0.5) is 13.2 Å². The van der Waals surface area contributed by atoms with Gasteiger partial charge in [-0.3, -0.25) is 4.79 Å². The fourth-order valence-corrected chi connectivity index (χ4v) is 1.83. The Hall–Kier alpha value is -2.55. The summed E-state index contributed by atoms with van der Waals surface area (Å²) in [5, 5.41) is 4.03.